The zero-order valence-electron chi connectivity index (χ0n) is 27.1. The van der Waals surface area contributed by atoms with E-state index in [4.69, 9.17) is 37.0 Å². The highest BCUT2D eigenvalue weighted by Crippen LogP contribution is 2.35. The van der Waals surface area contributed by atoms with Gasteiger partial charge in [0.1, 0.15) is 23.0 Å². The lowest BCUT2D eigenvalue weighted by molar-refractivity contribution is 0.0591. The minimum Gasteiger partial charge on any atom is -0.496 e. The molecule has 0 spiro atoms. The number of carbonyl (C=O) groups excluding carboxylic acids is 2. The van der Waals surface area contributed by atoms with E-state index in [0.29, 0.717) is 44.9 Å². The average Bonchev–Trinajstić information content (AvgIpc) is 3.09. The Balaban J connectivity index is 1.67. The second-order valence-electron chi connectivity index (χ2n) is 10.3. The van der Waals surface area contributed by atoms with Gasteiger partial charge in [0.25, 0.3) is 0 Å². The predicted octanol–water partition coefficient (Wildman–Crippen LogP) is 7.69. The lowest BCUT2D eigenvalue weighted by Crippen LogP contribution is -2.10. The molecule has 0 N–H and O–H groups in total. The van der Waals surface area contributed by atoms with E-state index in [-0.39, 0.29) is 37.7 Å². The quantitative estimate of drug-likeness (QED) is 0.0664. The second kappa shape index (κ2) is 17.6. The van der Waals surface area contributed by atoms with Gasteiger partial charge in [0, 0.05) is 11.1 Å². The van der Waals surface area contributed by atoms with Crippen LogP contribution >= 0.6 is 18.1 Å². The molecular weight excluding hydrogens is 642 g/mol. The molecule has 10 nitrogen and oxygen atoms in total. The van der Waals surface area contributed by atoms with E-state index in [0.717, 1.165) is 22.6 Å². The summed E-state index contributed by atoms with van der Waals surface area (Å²) in [5, 5.41) is 0. The van der Waals surface area contributed by atoms with Gasteiger partial charge in [0.15, 0.2) is 0 Å². The van der Waals surface area contributed by atoms with Crippen LogP contribution in [-0.2, 0) is 38.2 Å². The molecular formula is C35H38O10P2. The number of para-hydroxylation sites is 2. The van der Waals surface area contributed by atoms with E-state index in [9.17, 15) is 9.59 Å². The van der Waals surface area contributed by atoms with E-state index in [1.807, 2.05) is 62.4 Å². The zero-order valence-corrected chi connectivity index (χ0v) is 29.1. The minimum atomic E-state index is -0.527. The van der Waals surface area contributed by atoms with Gasteiger partial charge < -0.3 is 37.0 Å². The summed E-state index contributed by atoms with van der Waals surface area (Å²) >= 11 is 0. The summed E-state index contributed by atoms with van der Waals surface area (Å²) in [7, 11) is 5.07. The molecule has 0 aromatic heterocycles. The van der Waals surface area contributed by atoms with Crippen molar-refractivity contribution >= 4 is 30.0 Å². The average molecular weight is 681 g/mol. The maximum atomic E-state index is 12.7. The van der Waals surface area contributed by atoms with Crippen LogP contribution in [0, 0.1) is 13.8 Å². The minimum absolute atomic E-state index is 0.121. The molecule has 0 amide bonds. The molecule has 0 saturated heterocycles. The van der Waals surface area contributed by atoms with Crippen molar-refractivity contribution in [2.45, 2.75) is 33.5 Å². The second-order valence-corrected chi connectivity index (χ2v) is 11.6. The highest BCUT2D eigenvalue weighted by molar-refractivity contribution is 7.26. The molecule has 0 bridgehead atoms. The molecule has 0 saturated carbocycles. The summed E-state index contributed by atoms with van der Waals surface area (Å²) in [5.41, 5.74) is 5.36. The standard InChI is InChI=1S/C35H38O10P2/c1-22-11-7-9-13-30(22)44-46-42-20-28-24(16-26(34(36)40-5)18-32(28)38-3)15-25-17-27(35(37)41-6)19-33(39-4)29(25)21-43-47-45-31-14-10-8-12-23(31)2/h7-14,16-19,46-47H,15,20-21H2,1-6H3. The summed E-state index contributed by atoms with van der Waals surface area (Å²) in [4.78, 5) is 25.3. The van der Waals surface area contributed by atoms with Crippen molar-refractivity contribution in [3.8, 4) is 23.0 Å². The summed E-state index contributed by atoms with van der Waals surface area (Å²) in [6.07, 6.45) is 0.253. The number of carbonyl (C=O) groups is 2. The van der Waals surface area contributed by atoms with Crippen molar-refractivity contribution in [3.05, 3.63) is 117 Å². The van der Waals surface area contributed by atoms with E-state index in [2.05, 4.69) is 0 Å². The van der Waals surface area contributed by atoms with Crippen molar-refractivity contribution < 1.29 is 46.6 Å². The largest absolute Gasteiger partial charge is 0.496 e. The van der Waals surface area contributed by atoms with Gasteiger partial charge in [0.05, 0.1) is 52.8 Å². The van der Waals surface area contributed by atoms with Crippen LogP contribution in [0.4, 0.5) is 0 Å². The van der Waals surface area contributed by atoms with Crippen molar-refractivity contribution in [1.82, 2.24) is 0 Å². The summed E-state index contributed by atoms with van der Waals surface area (Å²) in [5.74, 6) is 1.27. The van der Waals surface area contributed by atoms with Crippen LogP contribution in [-0.4, -0.2) is 40.4 Å². The van der Waals surface area contributed by atoms with Gasteiger partial charge in [0.2, 0.25) is 18.1 Å². The van der Waals surface area contributed by atoms with E-state index >= 15 is 0 Å². The van der Waals surface area contributed by atoms with Crippen LogP contribution < -0.4 is 18.5 Å². The molecule has 0 aliphatic heterocycles. The van der Waals surface area contributed by atoms with Crippen LogP contribution in [0.1, 0.15) is 54.1 Å². The molecule has 4 aromatic carbocycles. The number of ether oxygens (including phenoxy) is 4. The van der Waals surface area contributed by atoms with Crippen molar-refractivity contribution in [2.24, 2.45) is 0 Å². The fraction of sp³-hybridized carbons (Fsp3) is 0.257. The summed E-state index contributed by atoms with van der Waals surface area (Å²) in [6.45, 7) is 4.16. The maximum Gasteiger partial charge on any atom is 0.337 e. The fourth-order valence-electron chi connectivity index (χ4n) is 4.78. The Labute approximate surface area is 278 Å². The molecule has 0 aliphatic rings. The van der Waals surface area contributed by atoms with Gasteiger partial charge in [-0.05, 0) is 78.9 Å². The molecule has 0 aliphatic carbocycles. The van der Waals surface area contributed by atoms with Gasteiger partial charge in [-0.3, -0.25) is 0 Å². The number of rotatable bonds is 16. The van der Waals surface area contributed by atoms with E-state index < -0.39 is 11.9 Å². The number of hydrogen-bond donors (Lipinski definition) is 0. The fourth-order valence-corrected chi connectivity index (χ4v) is 5.95. The van der Waals surface area contributed by atoms with Gasteiger partial charge in [-0.2, -0.15) is 0 Å². The van der Waals surface area contributed by atoms with Crippen molar-refractivity contribution in [2.75, 3.05) is 28.4 Å². The van der Waals surface area contributed by atoms with Gasteiger partial charge in [-0.1, -0.05) is 36.4 Å². The molecule has 248 valence electrons. The predicted molar refractivity (Wildman–Crippen MR) is 181 cm³/mol. The van der Waals surface area contributed by atoms with Crippen LogP contribution in [0.25, 0.3) is 0 Å². The van der Waals surface area contributed by atoms with Crippen molar-refractivity contribution in [1.29, 1.82) is 0 Å². The number of aryl methyl sites for hydroxylation is 2. The summed E-state index contributed by atoms with van der Waals surface area (Å²) < 4.78 is 45.2. The molecule has 0 radical (unpaired) electrons. The lowest BCUT2D eigenvalue weighted by Gasteiger charge is -2.20. The first-order valence-corrected chi connectivity index (χ1v) is 16.2. The Morgan fingerprint density at radius 1 is 0.574 bits per heavy atom. The Bertz CT molecular complexity index is 1570. The normalized spacial score (nSPS) is 11.2. The first-order valence-electron chi connectivity index (χ1n) is 14.5. The Kier molecular flexibility index (Phi) is 13.4. The Morgan fingerprint density at radius 2 is 0.979 bits per heavy atom. The number of methoxy groups -OCH3 is 4. The number of benzene rings is 4. The molecule has 2 atom stereocenters. The maximum absolute atomic E-state index is 12.7. The number of esters is 2. The molecule has 4 aromatic rings. The van der Waals surface area contributed by atoms with Gasteiger partial charge in [-0.25, -0.2) is 9.59 Å². The van der Waals surface area contributed by atoms with E-state index in [1.165, 1.54) is 28.4 Å². The third-order valence-corrected chi connectivity index (χ3v) is 8.44. The first kappa shape index (κ1) is 35.7. The van der Waals surface area contributed by atoms with Crippen LogP contribution in [0.3, 0.4) is 0 Å². The molecule has 0 fully saturated rings. The molecule has 0 heterocycles. The van der Waals surface area contributed by atoms with Crippen LogP contribution in [0.5, 0.6) is 23.0 Å². The van der Waals surface area contributed by atoms with Crippen LogP contribution in [0.15, 0.2) is 72.8 Å². The van der Waals surface area contributed by atoms with Crippen molar-refractivity contribution in [3.63, 3.8) is 0 Å². The van der Waals surface area contributed by atoms with Gasteiger partial charge >= 0.3 is 11.9 Å². The third-order valence-electron chi connectivity index (χ3n) is 7.31. The highest BCUT2D eigenvalue weighted by atomic mass is 31.1. The SMILES string of the molecule is COC(=O)c1cc(Cc2cc(C(=O)OC)cc(OC)c2COPOc2ccccc2C)c(COPOc2ccccc2C)c(OC)c1. The van der Waals surface area contributed by atoms with Crippen LogP contribution in [0.2, 0.25) is 0 Å². The van der Waals surface area contributed by atoms with E-state index in [1.54, 1.807) is 24.3 Å². The molecule has 12 heteroatoms. The third kappa shape index (κ3) is 9.43. The summed E-state index contributed by atoms with van der Waals surface area (Å²) in [6, 6.07) is 22.0. The Hall–Kier alpha value is -4.20. The zero-order chi connectivity index (χ0) is 33.8. The monoisotopic (exact) mass is 680 g/mol. The highest BCUT2D eigenvalue weighted by Gasteiger charge is 2.21. The topological polar surface area (TPSA) is 108 Å². The first-order chi connectivity index (χ1) is 22.8. The number of hydrogen-bond acceptors (Lipinski definition) is 10. The Morgan fingerprint density at radius 3 is 1.34 bits per heavy atom. The molecule has 2 unspecified atom stereocenters. The van der Waals surface area contributed by atoms with Gasteiger partial charge in [-0.15, -0.1) is 0 Å². The lowest BCUT2D eigenvalue weighted by atomic mass is 9.92. The smallest absolute Gasteiger partial charge is 0.337 e. The molecule has 47 heavy (non-hydrogen) atoms. The molecule has 4 rings (SSSR count).